The minimum atomic E-state index is -0.197. The summed E-state index contributed by atoms with van der Waals surface area (Å²) >= 11 is 2.00. The first-order valence-corrected chi connectivity index (χ1v) is 10.8. The average molecular weight is 387 g/mol. The van der Waals surface area contributed by atoms with Crippen molar-refractivity contribution in [2.45, 2.75) is 25.4 Å². The van der Waals surface area contributed by atoms with E-state index in [2.05, 4.69) is 31.9 Å². The number of carbonyl (C=O) groups is 1. The predicted octanol–water partition coefficient (Wildman–Crippen LogP) is 2.00. The first kappa shape index (κ1) is 18.5. The fourth-order valence-electron chi connectivity index (χ4n) is 3.60. The van der Waals surface area contributed by atoms with Crippen molar-refractivity contribution in [1.82, 2.24) is 25.2 Å². The van der Waals surface area contributed by atoms with Gasteiger partial charge in [-0.05, 0) is 37.6 Å². The van der Waals surface area contributed by atoms with Gasteiger partial charge in [0.1, 0.15) is 0 Å². The van der Waals surface area contributed by atoms with Crippen LogP contribution in [0.15, 0.2) is 30.5 Å². The Kier molecular flexibility index (Phi) is 6.06. The van der Waals surface area contributed by atoms with Gasteiger partial charge in [0.15, 0.2) is 5.69 Å². The molecule has 0 atom stereocenters. The molecule has 0 aliphatic carbocycles. The lowest BCUT2D eigenvalue weighted by Gasteiger charge is -2.27. The summed E-state index contributed by atoms with van der Waals surface area (Å²) in [5.74, 6) is 2.15. The molecular formula is C19H26N6OS. The number of hydrogen-bond donors (Lipinski definition) is 2. The minimum absolute atomic E-state index is 0.197. The zero-order valence-electron chi connectivity index (χ0n) is 15.4. The Morgan fingerprint density at radius 3 is 2.81 bits per heavy atom. The smallest absolute Gasteiger partial charge is 0.277 e. The van der Waals surface area contributed by atoms with E-state index >= 15 is 0 Å². The standard InChI is InChI=1S/C19H26N6OS/c26-19(18-14-25(23-22-18)16-5-7-20-8-6-16)21-17-4-2-1-3-15(17)13-24-9-11-27-12-10-24/h1-4,14,16,20H,5-13H2,(H,21,26). The molecule has 2 aromatic rings. The van der Waals surface area contributed by atoms with Crippen molar-refractivity contribution >= 4 is 23.4 Å². The van der Waals surface area contributed by atoms with Crippen LogP contribution in [-0.4, -0.2) is 63.5 Å². The van der Waals surface area contributed by atoms with E-state index in [9.17, 15) is 4.79 Å². The Balaban J connectivity index is 1.42. The van der Waals surface area contributed by atoms with Crippen molar-refractivity contribution in [3.8, 4) is 0 Å². The van der Waals surface area contributed by atoms with Gasteiger partial charge in [-0.25, -0.2) is 4.68 Å². The van der Waals surface area contributed by atoms with E-state index in [1.807, 2.05) is 34.6 Å². The number of nitrogens with one attached hydrogen (secondary N) is 2. The van der Waals surface area contributed by atoms with Gasteiger partial charge in [-0.2, -0.15) is 11.8 Å². The number of rotatable bonds is 5. The van der Waals surface area contributed by atoms with E-state index in [1.54, 1.807) is 6.20 Å². The Labute approximate surface area is 163 Å². The number of amides is 1. The van der Waals surface area contributed by atoms with E-state index in [-0.39, 0.29) is 5.91 Å². The first-order valence-electron chi connectivity index (χ1n) is 9.61. The number of nitrogens with zero attached hydrogens (tertiary/aromatic N) is 4. The monoisotopic (exact) mass is 386 g/mol. The number of para-hydroxylation sites is 1. The zero-order chi connectivity index (χ0) is 18.5. The minimum Gasteiger partial charge on any atom is -0.320 e. The van der Waals surface area contributed by atoms with Crippen LogP contribution in [-0.2, 0) is 6.54 Å². The van der Waals surface area contributed by atoms with Crippen LogP contribution in [0.25, 0.3) is 0 Å². The molecule has 1 amide bonds. The van der Waals surface area contributed by atoms with Gasteiger partial charge >= 0.3 is 0 Å². The van der Waals surface area contributed by atoms with Crippen LogP contribution in [0, 0.1) is 0 Å². The molecule has 3 heterocycles. The fraction of sp³-hybridized carbons (Fsp3) is 0.526. The summed E-state index contributed by atoms with van der Waals surface area (Å²) in [6.45, 7) is 5.01. The molecule has 0 spiro atoms. The van der Waals surface area contributed by atoms with Gasteiger partial charge in [0, 0.05) is 36.8 Å². The highest BCUT2D eigenvalue weighted by Crippen LogP contribution is 2.21. The molecule has 0 unspecified atom stereocenters. The molecule has 27 heavy (non-hydrogen) atoms. The molecule has 1 aromatic carbocycles. The van der Waals surface area contributed by atoms with Gasteiger partial charge in [-0.15, -0.1) is 5.10 Å². The van der Waals surface area contributed by atoms with Crippen molar-refractivity contribution in [2.24, 2.45) is 0 Å². The van der Waals surface area contributed by atoms with Crippen molar-refractivity contribution < 1.29 is 4.79 Å². The molecule has 1 aromatic heterocycles. The number of piperidine rings is 1. The summed E-state index contributed by atoms with van der Waals surface area (Å²) in [5, 5.41) is 14.7. The van der Waals surface area contributed by atoms with Crippen LogP contribution in [0.4, 0.5) is 5.69 Å². The van der Waals surface area contributed by atoms with E-state index in [4.69, 9.17) is 0 Å². The topological polar surface area (TPSA) is 75.1 Å². The third-order valence-corrected chi connectivity index (χ3v) is 6.13. The molecule has 8 heteroatoms. The molecule has 0 radical (unpaired) electrons. The zero-order valence-corrected chi connectivity index (χ0v) is 16.2. The molecular weight excluding hydrogens is 360 g/mol. The maximum Gasteiger partial charge on any atom is 0.277 e. The maximum absolute atomic E-state index is 12.7. The van der Waals surface area contributed by atoms with Gasteiger partial charge in [0.25, 0.3) is 5.91 Å². The van der Waals surface area contributed by atoms with Crippen molar-refractivity contribution in [3.63, 3.8) is 0 Å². The molecule has 144 valence electrons. The molecule has 0 saturated carbocycles. The van der Waals surface area contributed by atoms with Gasteiger partial charge < -0.3 is 10.6 Å². The third-order valence-electron chi connectivity index (χ3n) is 5.19. The van der Waals surface area contributed by atoms with E-state index in [0.29, 0.717) is 11.7 Å². The Bertz CT molecular complexity index is 767. The largest absolute Gasteiger partial charge is 0.320 e. The number of carbonyl (C=O) groups excluding carboxylic acids is 1. The van der Waals surface area contributed by atoms with Crippen LogP contribution in [0.2, 0.25) is 0 Å². The third kappa shape index (κ3) is 4.69. The molecule has 2 saturated heterocycles. The molecule has 4 rings (SSSR count). The number of aromatic nitrogens is 3. The second-order valence-electron chi connectivity index (χ2n) is 7.06. The predicted molar refractivity (Wildman–Crippen MR) is 108 cm³/mol. The van der Waals surface area contributed by atoms with E-state index in [1.165, 1.54) is 11.5 Å². The van der Waals surface area contributed by atoms with Gasteiger partial charge in [0.05, 0.1) is 12.2 Å². The van der Waals surface area contributed by atoms with Gasteiger partial charge in [-0.3, -0.25) is 9.69 Å². The van der Waals surface area contributed by atoms with Crippen LogP contribution in [0.3, 0.4) is 0 Å². The quantitative estimate of drug-likeness (QED) is 0.819. The average Bonchev–Trinajstić information content (AvgIpc) is 3.21. The summed E-state index contributed by atoms with van der Waals surface area (Å²) in [4.78, 5) is 15.1. The van der Waals surface area contributed by atoms with Crippen LogP contribution >= 0.6 is 11.8 Å². The number of thioether (sulfide) groups is 1. The first-order chi connectivity index (χ1) is 13.3. The van der Waals surface area contributed by atoms with E-state index in [0.717, 1.165) is 56.8 Å². The Morgan fingerprint density at radius 1 is 1.22 bits per heavy atom. The maximum atomic E-state index is 12.7. The number of benzene rings is 1. The summed E-state index contributed by atoms with van der Waals surface area (Å²) < 4.78 is 1.84. The van der Waals surface area contributed by atoms with Crippen molar-refractivity contribution in [3.05, 3.63) is 41.7 Å². The normalized spacial score (nSPS) is 19.1. The van der Waals surface area contributed by atoms with E-state index < -0.39 is 0 Å². The fourth-order valence-corrected chi connectivity index (χ4v) is 4.58. The lowest BCUT2D eigenvalue weighted by Crippen LogP contribution is -2.32. The highest BCUT2D eigenvalue weighted by Gasteiger charge is 2.20. The molecule has 2 aliphatic rings. The summed E-state index contributed by atoms with van der Waals surface area (Å²) in [6.07, 6.45) is 3.80. The van der Waals surface area contributed by atoms with Crippen LogP contribution in [0.1, 0.15) is 34.9 Å². The molecule has 7 nitrogen and oxygen atoms in total. The van der Waals surface area contributed by atoms with Crippen LogP contribution in [0.5, 0.6) is 0 Å². The summed E-state index contributed by atoms with van der Waals surface area (Å²) in [7, 11) is 0. The van der Waals surface area contributed by atoms with Crippen molar-refractivity contribution in [1.29, 1.82) is 0 Å². The summed E-state index contributed by atoms with van der Waals surface area (Å²) in [5.41, 5.74) is 2.37. The molecule has 2 aliphatic heterocycles. The lowest BCUT2D eigenvalue weighted by atomic mass is 10.1. The van der Waals surface area contributed by atoms with Gasteiger partial charge in [-0.1, -0.05) is 23.4 Å². The highest BCUT2D eigenvalue weighted by atomic mass is 32.2. The second-order valence-corrected chi connectivity index (χ2v) is 8.29. The SMILES string of the molecule is O=C(Nc1ccccc1CN1CCSCC1)c1cn(C2CCNCC2)nn1. The second kappa shape index (κ2) is 8.86. The van der Waals surface area contributed by atoms with Gasteiger partial charge in [0.2, 0.25) is 0 Å². The summed E-state index contributed by atoms with van der Waals surface area (Å²) in [6, 6.07) is 8.35. The molecule has 2 N–H and O–H groups in total. The number of anilines is 1. The Morgan fingerprint density at radius 2 is 2.00 bits per heavy atom. The lowest BCUT2D eigenvalue weighted by molar-refractivity contribution is 0.102. The van der Waals surface area contributed by atoms with Crippen molar-refractivity contribution in [2.75, 3.05) is 43.0 Å². The molecule has 2 fully saturated rings. The Hall–Kier alpha value is -1.90. The highest BCUT2D eigenvalue weighted by molar-refractivity contribution is 7.99. The van der Waals surface area contributed by atoms with Crippen LogP contribution < -0.4 is 10.6 Å². The molecule has 0 bridgehead atoms. The number of hydrogen-bond acceptors (Lipinski definition) is 6.